The number of amides is 2. The second-order valence-corrected chi connectivity index (χ2v) is 13.1. The van der Waals surface area contributed by atoms with E-state index in [-0.39, 0.29) is 34.6 Å². The Morgan fingerprint density at radius 1 is 0.783 bits per heavy atom. The minimum atomic E-state index is -0.326. The fraction of sp³-hybridized carbons (Fsp3) is 0.324. The summed E-state index contributed by atoms with van der Waals surface area (Å²) in [5, 5.41) is 6.05. The van der Waals surface area contributed by atoms with Gasteiger partial charge in [-0.25, -0.2) is 0 Å². The highest BCUT2D eigenvalue weighted by molar-refractivity contribution is 6.09. The number of nitrogens with zero attached hydrogens (tertiary/aromatic N) is 2. The van der Waals surface area contributed by atoms with Crippen molar-refractivity contribution in [3.05, 3.63) is 112 Å². The predicted molar refractivity (Wildman–Crippen MR) is 181 cm³/mol. The van der Waals surface area contributed by atoms with Crippen molar-refractivity contribution in [3.8, 4) is 11.5 Å². The van der Waals surface area contributed by atoms with Crippen LogP contribution in [0.2, 0.25) is 0 Å². The van der Waals surface area contributed by atoms with Crippen LogP contribution < -0.4 is 30.6 Å². The number of hydrogen-bond donors (Lipinski definition) is 2. The first kappa shape index (κ1) is 31.0. The fourth-order valence-corrected chi connectivity index (χ4v) is 6.58. The Morgan fingerprint density at radius 2 is 1.50 bits per heavy atom. The molecule has 46 heavy (non-hydrogen) atoms. The Balaban J connectivity index is 1.31. The van der Waals surface area contributed by atoms with Crippen molar-refractivity contribution in [3.63, 3.8) is 0 Å². The van der Waals surface area contributed by atoms with E-state index in [1.165, 1.54) is 0 Å². The molecule has 2 amide bonds. The van der Waals surface area contributed by atoms with E-state index in [1.807, 2.05) is 47.0 Å². The van der Waals surface area contributed by atoms with Crippen molar-refractivity contribution in [2.75, 3.05) is 42.8 Å². The summed E-state index contributed by atoms with van der Waals surface area (Å²) in [5.74, 6) is 0.946. The Labute approximate surface area is 269 Å². The molecule has 0 spiro atoms. The molecule has 2 N–H and O–H groups in total. The van der Waals surface area contributed by atoms with Gasteiger partial charge in [0.15, 0.2) is 11.5 Å². The third kappa shape index (κ3) is 6.22. The molecule has 3 heterocycles. The molecule has 2 atom stereocenters. The van der Waals surface area contributed by atoms with Crippen LogP contribution >= 0.6 is 0 Å². The highest BCUT2D eigenvalue weighted by atomic mass is 16.5. The number of pyridine rings is 1. The molecule has 1 fully saturated rings. The van der Waals surface area contributed by atoms with Crippen molar-refractivity contribution >= 4 is 28.9 Å². The Kier molecular flexibility index (Phi) is 8.34. The van der Waals surface area contributed by atoms with Crippen molar-refractivity contribution < 1.29 is 19.1 Å². The zero-order chi connectivity index (χ0) is 32.6. The third-order valence-electron chi connectivity index (χ3n) is 8.98. The second kappa shape index (κ2) is 12.4. The summed E-state index contributed by atoms with van der Waals surface area (Å²) in [4.78, 5) is 42.0. The first-order valence-corrected chi connectivity index (χ1v) is 15.6. The van der Waals surface area contributed by atoms with E-state index in [9.17, 15) is 14.4 Å². The van der Waals surface area contributed by atoms with E-state index in [0.717, 1.165) is 29.9 Å². The predicted octanol–water partition coefficient (Wildman–Crippen LogP) is 6.29. The molecule has 238 valence electrons. The second-order valence-electron chi connectivity index (χ2n) is 13.1. The lowest BCUT2D eigenvalue weighted by Gasteiger charge is -2.44. The van der Waals surface area contributed by atoms with E-state index in [0.29, 0.717) is 47.1 Å². The molecule has 0 radical (unpaired) electrons. The van der Waals surface area contributed by atoms with Crippen LogP contribution in [-0.2, 0) is 12.0 Å². The van der Waals surface area contributed by atoms with E-state index in [4.69, 9.17) is 9.47 Å². The van der Waals surface area contributed by atoms with Crippen LogP contribution in [0.15, 0.2) is 83.7 Å². The Morgan fingerprint density at radius 3 is 2.22 bits per heavy atom. The number of methoxy groups -OCH3 is 2. The van der Waals surface area contributed by atoms with Crippen LogP contribution in [0.3, 0.4) is 0 Å². The maximum atomic E-state index is 13.6. The molecule has 1 saturated heterocycles. The van der Waals surface area contributed by atoms with Crippen molar-refractivity contribution in [2.45, 2.75) is 45.1 Å². The molecule has 1 aromatic heterocycles. The van der Waals surface area contributed by atoms with Crippen LogP contribution in [0.4, 0.5) is 17.1 Å². The number of piperidine rings is 1. The van der Waals surface area contributed by atoms with Gasteiger partial charge in [-0.3, -0.25) is 14.4 Å². The lowest BCUT2D eigenvalue weighted by Crippen LogP contribution is -2.47. The fourth-order valence-electron chi connectivity index (χ4n) is 6.58. The number of fused-ring (bicyclic) bond motifs is 4. The molecular weight excluding hydrogens is 580 g/mol. The van der Waals surface area contributed by atoms with Gasteiger partial charge in [-0.15, -0.1) is 0 Å². The van der Waals surface area contributed by atoms with Crippen molar-refractivity contribution in [1.29, 1.82) is 0 Å². The van der Waals surface area contributed by atoms with Crippen LogP contribution in [0.25, 0.3) is 0 Å². The third-order valence-corrected chi connectivity index (χ3v) is 8.98. The molecular formula is C37H40N4O5. The molecule has 9 nitrogen and oxygen atoms in total. The van der Waals surface area contributed by atoms with Crippen molar-refractivity contribution in [1.82, 2.24) is 4.57 Å². The molecule has 0 aliphatic carbocycles. The lowest BCUT2D eigenvalue weighted by molar-refractivity contribution is 0.101. The number of carbonyl (C=O) groups is 2. The van der Waals surface area contributed by atoms with Gasteiger partial charge in [0.05, 0.1) is 25.6 Å². The molecule has 2 aliphatic heterocycles. The van der Waals surface area contributed by atoms with E-state index >= 15 is 0 Å². The van der Waals surface area contributed by atoms with Gasteiger partial charge in [0.25, 0.3) is 17.4 Å². The van der Waals surface area contributed by atoms with Gasteiger partial charge in [-0.2, -0.15) is 0 Å². The van der Waals surface area contributed by atoms with Crippen LogP contribution in [0.5, 0.6) is 11.5 Å². The molecule has 0 saturated carbocycles. The number of hydrogen-bond acceptors (Lipinski definition) is 6. The van der Waals surface area contributed by atoms with Crippen LogP contribution in [0, 0.1) is 5.92 Å². The van der Waals surface area contributed by atoms with Gasteiger partial charge in [-0.1, -0.05) is 39.0 Å². The summed E-state index contributed by atoms with van der Waals surface area (Å²) in [5.41, 5.74) is 5.05. The number of nitrogens with one attached hydrogen (secondary N) is 2. The first-order chi connectivity index (χ1) is 22.0. The van der Waals surface area contributed by atoms with E-state index in [2.05, 4.69) is 36.3 Å². The first-order valence-electron chi connectivity index (χ1n) is 15.6. The number of anilines is 3. The normalized spacial score (nSPS) is 17.1. The van der Waals surface area contributed by atoms with E-state index in [1.54, 1.807) is 50.6 Å². The van der Waals surface area contributed by atoms with Gasteiger partial charge in [0.1, 0.15) is 0 Å². The van der Waals surface area contributed by atoms with E-state index < -0.39 is 0 Å². The van der Waals surface area contributed by atoms with Gasteiger partial charge in [0, 0.05) is 60.2 Å². The van der Waals surface area contributed by atoms with Gasteiger partial charge in [-0.05, 0) is 71.8 Å². The summed E-state index contributed by atoms with van der Waals surface area (Å²) in [6, 6.07) is 23.7. The largest absolute Gasteiger partial charge is 0.493 e. The molecule has 6 rings (SSSR count). The summed E-state index contributed by atoms with van der Waals surface area (Å²) >= 11 is 0. The lowest BCUT2D eigenvalue weighted by atomic mass is 9.83. The van der Waals surface area contributed by atoms with Gasteiger partial charge >= 0.3 is 0 Å². The standard InChI is InChI=1S/C37H40N4O5/c1-37(2,3)27-12-9-24(10-13-27)35(43)39-29-18-25(36(44)38-28-14-16-32(45-4)33(19-28)46-5)11-15-31(29)40-20-23-17-26(22-40)30-7-6-8-34(42)41(30)21-23/h6-16,18-19,23,26H,17,20-22H2,1-5H3,(H,38,44)(H,39,43). The number of rotatable bonds is 7. The number of ether oxygens (including phenoxy) is 2. The topological polar surface area (TPSA) is 102 Å². The van der Waals surface area contributed by atoms with Crippen LogP contribution in [0.1, 0.15) is 65.1 Å². The van der Waals surface area contributed by atoms with Crippen molar-refractivity contribution in [2.24, 2.45) is 5.92 Å². The molecule has 9 heteroatoms. The number of benzene rings is 3. The van der Waals surface area contributed by atoms with Gasteiger partial charge in [0.2, 0.25) is 0 Å². The highest BCUT2D eigenvalue weighted by Gasteiger charge is 2.35. The summed E-state index contributed by atoms with van der Waals surface area (Å²) in [6.45, 7) is 8.49. The zero-order valence-electron chi connectivity index (χ0n) is 26.9. The Hall–Kier alpha value is -5.05. The minimum Gasteiger partial charge on any atom is -0.493 e. The van der Waals surface area contributed by atoms with Crippen LogP contribution in [-0.4, -0.2) is 43.7 Å². The maximum Gasteiger partial charge on any atom is 0.255 e. The minimum absolute atomic E-state index is 0.0339. The number of carbonyl (C=O) groups excluding carboxylic acids is 2. The molecule has 2 unspecified atom stereocenters. The maximum absolute atomic E-state index is 13.6. The smallest absolute Gasteiger partial charge is 0.255 e. The molecule has 4 aromatic rings. The molecule has 3 aromatic carbocycles. The highest BCUT2D eigenvalue weighted by Crippen LogP contribution is 2.40. The Bertz CT molecular complexity index is 1840. The number of aromatic nitrogens is 1. The molecule has 2 aliphatic rings. The monoisotopic (exact) mass is 620 g/mol. The molecule has 2 bridgehead atoms. The average Bonchev–Trinajstić information content (AvgIpc) is 3.04. The van der Waals surface area contributed by atoms with Gasteiger partial charge < -0.3 is 29.6 Å². The summed E-state index contributed by atoms with van der Waals surface area (Å²) < 4.78 is 12.6. The SMILES string of the molecule is COc1ccc(NC(=O)c2ccc(N3CC4CC(C3)c3cccc(=O)n3C4)c(NC(=O)c3ccc(C(C)(C)C)cc3)c2)cc1OC. The average molecular weight is 621 g/mol. The quantitative estimate of drug-likeness (QED) is 0.252. The summed E-state index contributed by atoms with van der Waals surface area (Å²) in [7, 11) is 3.10. The summed E-state index contributed by atoms with van der Waals surface area (Å²) in [6.07, 6.45) is 1.01. The zero-order valence-corrected chi connectivity index (χ0v) is 26.9.